The number of aryl methyl sites for hydroxylation is 1. The maximum atomic E-state index is 5.99. The Hall–Kier alpha value is -3.26. The van der Waals surface area contributed by atoms with Gasteiger partial charge < -0.3 is 20.1 Å². The molecule has 1 fully saturated rings. The van der Waals surface area contributed by atoms with Crippen molar-refractivity contribution < 1.29 is 0 Å². The summed E-state index contributed by atoms with van der Waals surface area (Å²) in [6.07, 6.45) is 4.39. The Morgan fingerprint density at radius 1 is 1.19 bits per heavy atom. The van der Waals surface area contributed by atoms with Gasteiger partial charge in [-0.15, -0.1) is 0 Å². The van der Waals surface area contributed by atoms with Gasteiger partial charge in [-0.1, -0.05) is 18.2 Å². The lowest BCUT2D eigenvalue weighted by Crippen LogP contribution is -2.35. The number of nitrogens with two attached hydrogens (primary N) is 1. The molecule has 1 aliphatic rings. The third-order valence-electron chi connectivity index (χ3n) is 6.62. The first-order valence-electron chi connectivity index (χ1n) is 10.7. The third kappa shape index (κ3) is 3.37. The zero-order chi connectivity index (χ0) is 21.7. The smallest absolute Gasteiger partial charge is 0.165 e. The van der Waals surface area contributed by atoms with Crippen LogP contribution in [-0.2, 0) is 6.54 Å². The van der Waals surface area contributed by atoms with Gasteiger partial charge in [0.1, 0.15) is 17.7 Å². The van der Waals surface area contributed by atoms with Crippen LogP contribution in [0.2, 0.25) is 0 Å². The maximum Gasteiger partial charge on any atom is 0.165 e. The van der Waals surface area contributed by atoms with Gasteiger partial charge in [-0.05, 0) is 38.9 Å². The van der Waals surface area contributed by atoms with Crippen molar-refractivity contribution in [3.05, 3.63) is 48.0 Å². The Kier molecular flexibility index (Phi) is 4.74. The molecule has 1 aliphatic heterocycles. The Morgan fingerprint density at radius 3 is 2.81 bits per heavy atom. The number of nitrogens with zero attached hydrogens (tertiary/aromatic N) is 7. The lowest BCUT2D eigenvalue weighted by Gasteiger charge is -2.28. The number of likely N-dealkylation sites (tertiary alicyclic amines) is 1. The molecule has 160 valence electrons. The number of para-hydroxylation sites is 1. The molecule has 0 spiro atoms. The Bertz CT molecular complexity index is 1250. The minimum absolute atomic E-state index is 0.399. The summed E-state index contributed by atoms with van der Waals surface area (Å²) in [4.78, 5) is 22.8. The lowest BCUT2D eigenvalue weighted by molar-refractivity contribution is 0.329. The number of anilines is 2. The third-order valence-corrected chi connectivity index (χ3v) is 6.62. The number of hydrogen-bond donors (Lipinski definition) is 1. The highest BCUT2D eigenvalue weighted by Crippen LogP contribution is 2.30. The van der Waals surface area contributed by atoms with Crippen molar-refractivity contribution >= 4 is 33.7 Å². The van der Waals surface area contributed by atoms with Crippen LogP contribution in [0.25, 0.3) is 22.1 Å². The van der Waals surface area contributed by atoms with Crippen LogP contribution in [0.5, 0.6) is 0 Å². The van der Waals surface area contributed by atoms with Gasteiger partial charge in [0.25, 0.3) is 0 Å². The summed E-state index contributed by atoms with van der Waals surface area (Å²) in [5.74, 6) is 1.41. The van der Waals surface area contributed by atoms with E-state index in [0.717, 1.165) is 40.9 Å². The number of nitrogen functional groups attached to an aromatic ring is 1. The largest absolute Gasteiger partial charge is 0.382 e. The van der Waals surface area contributed by atoms with Gasteiger partial charge in [-0.25, -0.2) is 19.9 Å². The van der Waals surface area contributed by atoms with E-state index < -0.39 is 0 Å². The van der Waals surface area contributed by atoms with Crippen LogP contribution in [-0.4, -0.2) is 62.1 Å². The fourth-order valence-electron chi connectivity index (χ4n) is 4.61. The normalized spacial score (nSPS) is 19.5. The standard InChI is InChI=1S/C23H28N8/c1-14-6-5-7-16-9-17(10-31-13-27-20-21(24)25-12-26-23(20)31)22(28-19(14)16)30(4)18-8-15(2)29(3)11-18/h5-7,9,12-13,15,18H,8,10-11H2,1-4H3,(H2,24,25,26). The number of aromatic nitrogens is 5. The molecule has 4 heterocycles. The predicted molar refractivity (Wildman–Crippen MR) is 124 cm³/mol. The maximum absolute atomic E-state index is 5.99. The summed E-state index contributed by atoms with van der Waals surface area (Å²) in [5.41, 5.74) is 10.7. The van der Waals surface area contributed by atoms with Gasteiger partial charge in [-0.3, -0.25) is 0 Å². The summed E-state index contributed by atoms with van der Waals surface area (Å²) in [6, 6.07) is 9.56. The first kappa shape index (κ1) is 19.7. The zero-order valence-electron chi connectivity index (χ0n) is 18.4. The molecular formula is C23H28N8. The van der Waals surface area contributed by atoms with Crippen molar-refractivity contribution in [1.82, 2.24) is 29.4 Å². The van der Waals surface area contributed by atoms with Crippen molar-refractivity contribution in [1.29, 1.82) is 0 Å². The van der Waals surface area contributed by atoms with Crippen LogP contribution >= 0.6 is 0 Å². The number of pyridine rings is 1. The van der Waals surface area contributed by atoms with E-state index in [2.05, 4.69) is 77.0 Å². The minimum Gasteiger partial charge on any atom is -0.382 e. The van der Waals surface area contributed by atoms with E-state index >= 15 is 0 Å². The summed E-state index contributed by atoms with van der Waals surface area (Å²) in [6.45, 7) is 6.05. The molecule has 0 saturated carbocycles. The van der Waals surface area contributed by atoms with Crippen molar-refractivity contribution in [3.63, 3.8) is 0 Å². The summed E-state index contributed by atoms with van der Waals surface area (Å²) < 4.78 is 2.02. The SMILES string of the molecule is Cc1cccc2cc(Cn3cnc4c(N)ncnc43)c(N(C)C3CC(C)N(C)C3)nc12. The van der Waals surface area contributed by atoms with Gasteiger partial charge in [0.05, 0.1) is 18.4 Å². The molecule has 5 rings (SSSR count). The predicted octanol–water partition coefficient (Wildman–Crippen LogP) is 2.84. The van der Waals surface area contributed by atoms with E-state index in [-0.39, 0.29) is 0 Å². The van der Waals surface area contributed by atoms with Crippen LogP contribution in [0.1, 0.15) is 24.5 Å². The topological polar surface area (TPSA) is 89.0 Å². The average Bonchev–Trinajstić information content (AvgIpc) is 3.31. The second kappa shape index (κ2) is 7.46. The van der Waals surface area contributed by atoms with E-state index in [0.29, 0.717) is 30.0 Å². The molecule has 8 heteroatoms. The first-order chi connectivity index (χ1) is 14.9. The van der Waals surface area contributed by atoms with Crippen LogP contribution in [0.3, 0.4) is 0 Å². The molecule has 0 aliphatic carbocycles. The molecular weight excluding hydrogens is 388 g/mol. The molecule has 2 unspecified atom stereocenters. The monoisotopic (exact) mass is 416 g/mol. The van der Waals surface area contributed by atoms with Crippen LogP contribution in [0.15, 0.2) is 36.9 Å². The highest BCUT2D eigenvalue weighted by molar-refractivity contribution is 5.85. The van der Waals surface area contributed by atoms with Crippen molar-refractivity contribution in [3.8, 4) is 0 Å². The second-order valence-electron chi connectivity index (χ2n) is 8.71. The van der Waals surface area contributed by atoms with E-state index in [9.17, 15) is 0 Å². The summed E-state index contributed by atoms with van der Waals surface area (Å²) in [5, 5.41) is 1.14. The minimum atomic E-state index is 0.399. The number of hydrogen-bond acceptors (Lipinski definition) is 7. The van der Waals surface area contributed by atoms with Gasteiger partial charge in [0.15, 0.2) is 11.5 Å². The van der Waals surface area contributed by atoms with Crippen molar-refractivity contribution in [2.75, 3.05) is 31.3 Å². The quantitative estimate of drug-likeness (QED) is 0.547. The second-order valence-corrected chi connectivity index (χ2v) is 8.71. The molecule has 0 amide bonds. The zero-order valence-corrected chi connectivity index (χ0v) is 18.4. The van der Waals surface area contributed by atoms with E-state index in [4.69, 9.17) is 10.7 Å². The lowest BCUT2D eigenvalue weighted by atomic mass is 10.1. The molecule has 1 saturated heterocycles. The fraction of sp³-hybridized carbons (Fsp3) is 0.391. The molecule has 31 heavy (non-hydrogen) atoms. The first-order valence-corrected chi connectivity index (χ1v) is 10.7. The van der Waals surface area contributed by atoms with Crippen LogP contribution < -0.4 is 10.6 Å². The molecule has 1 aromatic carbocycles. The fourth-order valence-corrected chi connectivity index (χ4v) is 4.61. The number of rotatable bonds is 4. The van der Waals surface area contributed by atoms with Gasteiger partial charge >= 0.3 is 0 Å². The summed E-state index contributed by atoms with van der Waals surface area (Å²) >= 11 is 0. The van der Waals surface area contributed by atoms with Crippen molar-refractivity contribution in [2.45, 2.75) is 38.9 Å². The van der Waals surface area contributed by atoms with Gasteiger partial charge in [0, 0.05) is 36.6 Å². The van der Waals surface area contributed by atoms with Gasteiger partial charge in [0.2, 0.25) is 0 Å². The number of imidazole rings is 1. The van der Waals surface area contributed by atoms with Crippen molar-refractivity contribution in [2.24, 2.45) is 0 Å². The Labute approximate surface area is 181 Å². The molecule has 8 nitrogen and oxygen atoms in total. The number of fused-ring (bicyclic) bond motifs is 2. The van der Waals surface area contributed by atoms with Crippen LogP contribution in [0.4, 0.5) is 11.6 Å². The highest BCUT2D eigenvalue weighted by Gasteiger charge is 2.30. The average molecular weight is 417 g/mol. The van der Waals surface area contributed by atoms with E-state index in [1.54, 1.807) is 6.33 Å². The molecule has 3 aromatic heterocycles. The number of benzene rings is 1. The molecule has 0 radical (unpaired) electrons. The summed E-state index contributed by atoms with van der Waals surface area (Å²) in [7, 11) is 4.36. The van der Waals surface area contributed by atoms with Crippen LogP contribution in [0, 0.1) is 6.92 Å². The Balaban J connectivity index is 1.62. The molecule has 0 bridgehead atoms. The van der Waals surface area contributed by atoms with E-state index in [1.165, 1.54) is 11.9 Å². The molecule has 4 aromatic rings. The highest BCUT2D eigenvalue weighted by atomic mass is 15.3. The Morgan fingerprint density at radius 2 is 2.03 bits per heavy atom. The molecule has 2 N–H and O–H groups in total. The number of likely N-dealkylation sites (N-methyl/N-ethyl adjacent to an activating group) is 2. The van der Waals surface area contributed by atoms with Gasteiger partial charge in [-0.2, -0.15) is 0 Å². The van der Waals surface area contributed by atoms with E-state index in [1.807, 2.05) is 4.57 Å². The molecule has 2 atom stereocenters.